The number of piperidine rings is 2. The lowest BCUT2D eigenvalue weighted by molar-refractivity contribution is -0.136. The maximum Gasteiger partial charge on any atom is 0.322 e. The molecule has 6 heterocycles. The van der Waals surface area contributed by atoms with Crippen LogP contribution < -0.4 is 25.3 Å². The summed E-state index contributed by atoms with van der Waals surface area (Å²) in [5, 5.41) is 14.9. The second-order valence-corrected chi connectivity index (χ2v) is 15.9. The van der Waals surface area contributed by atoms with E-state index in [9.17, 15) is 29.2 Å². The van der Waals surface area contributed by atoms with E-state index < -0.39 is 29.7 Å². The van der Waals surface area contributed by atoms with Crippen LogP contribution >= 0.6 is 11.6 Å². The standard InChI is InChI=1S/C41H45ClN10O5/c1-26-24-50(18-19-51(26)31-4-2-28(22-43)34(42)21-31)41(57)45-29-3-8-36(44-23-29)49-12-10-27(11-13-49)25-47-14-16-48(17-15-47)30-5-6-32-33(20-30)40(56)52(39(32)55)35-7-9-37(53)46-38(35)54/h2-6,8,20-21,23,26-27,35H,7,9-19,24-25H2,1H3,(H,45,57)(H,46,53,54)/t26-,35?/m0/s1. The number of urea groups is 1. The quantitative estimate of drug-likeness (QED) is 0.335. The highest BCUT2D eigenvalue weighted by Crippen LogP contribution is 2.32. The third kappa shape index (κ3) is 7.84. The monoisotopic (exact) mass is 792 g/mol. The van der Waals surface area contributed by atoms with E-state index in [2.05, 4.69) is 43.2 Å². The molecule has 3 aromatic rings. The Kier molecular flexibility index (Phi) is 10.7. The SMILES string of the molecule is C[C@H]1CN(C(=O)Nc2ccc(N3CCC(CN4CCN(c5ccc6c(c5)C(=O)N(C5CCC(=O)NC5=O)C6=O)CC4)CC3)nc2)CCN1c1ccc(C#N)c(Cl)c1. The molecule has 0 bridgehead atoms. The number of carbonyl (C=O) groups is 5. The van der Waals surface area contributed by atoms with Crippen LogP contribution in [-0.4, -0.2) is 127 Å². The Bertz CT molecular complexity index is 2130. The van der Waals surface area contributed by atoms with Crippen molar-refractivity contribution in [2.45, 2.75) is 44.7 Å². The van der Waals surface area contributed by atoms with E-state index in [-0.39, 0.29) is 24.9 Å². The van der Waals surface area contributed by atoms with Gasteiger partial charge in [-0.25, -0.2) is 9.78 Å². The van der Waals surface area contributed by atoms with E-state index in [1.165, 1.54) is 0 Å². The predicted octanol–water partition coefficient (Wildman–Crippen LogP) is 3.79. The molecule has 0 radical (unpaired) electrons. The molecule has 2 aromatic carbocycles. The number of halogens is 1. The number of rotatable bonds is 7. The summed E-state index contributed by atoms with van der Waals surface area (Å²) in [7, 11) is 0. The van der Waals surface area contributed by atoms with Crippen LogP contribution in [0.3, 0.4) is 0 Å². The number of carbonyl (C=O) groups excluding carboxylic acids is 5. The fourth-order valence-corrected chi connectivity index (χ4v) is 8.92. The summed E-state index contributed by atoms with van der Waals surface area (Å²) in [6.45, 7) is 10.0. The van der Waals surface area contributed by atoms with Gasteiger partial charge < -0.3 is 24.9 Å². The number of hydrogen-bond donors (Lipinski definition) is 2. The topological polar surface area (TPSA) is 166 Å². The van der Waals surface area contributed by atoms with E-state index in [0.717, 1.165) is 80.7 Å². The highest BCUT2D eigenvalue weighted by atomic mass is 35.5. The summed E-state index contributed by atoms with van der Waals surface area (Å²) in [6.07, 6.45) is 4.07. The molecule has 16 heteroatoms. The van der Waals surface area contributed by atoms with Crippen LogP contribution in [0.1, 0.15) is 58.9 Å². The molecule has 296 valence electrons. The molecule has 2 N–H and O–H groups in total. The van der Waals surface area contributed by atoms with Crippen LogP contribution in [-0.2, 0) is 9.59 Å². The Hall–Kier alpha value is -5.72. The van der Waals surface area contributed by atoms with E-state index in [1.54, 1.807) is 24.4 Å². The molecule has 1 unspecified atom stereocenters. The first-order chi connectivity index (χ1) is 27.6. The average Bonchev–Trinajstić information content (AvgIpc) is 3.46. The zero-order valence-corrected chi connectivity index (χ0v) is 32.6. The molecule has 4 saturated heterocycles. The normalized spacial score (nSPS) is 22.1. The van der Waals surface area contributed by atoms with Gasteiger partial charge >= 0.3 is 6.03 Å². The summed E-state index contributed by atoms with van der Waals surface area (Å²) in [4.78, 5) is 80.4. The van der Waals surface area contributed by atoms with E-state index >= 15 is 0 Å². The van der Waals surface area contributed by atoms with Crippen molar-refractivity contribution in [1.29, 1.82) is 5.26 Å². The van der Waals surface area contributed by atoms with Gasteiger partial charge in [0.15, 0.2) is 0 Å². The Morgan fingerprint density at radius 2 is 1.63 bits per heavy atom. The number of imide groups is 2. The fraction of sp³-hybridized carbons (Fsp3) is 0.439. The van der Waals surface area contributed by atoms with Gasteiger partial charge in [0.1, 0.15) is 17.9 Å². The molecular formula is C41H45ClN10O5. The summed E-state index contributed by atoms with van der Waals surface area (Å²) in [5.41, 5.74) is 3.51. The smallest absolute Gasteiger partial charge is 0.322 e. The maximum absolute atomic E-state index is 13.3. The molecular weight excluding hydrogens is 748 g/mol. The third-order valence-corrected chi connectivity index (χ3v) is 12.2. The molecule has 6 amide bonds. The lowest BCUT2D eigenvalue weighted by atomic mass is 9.96. The number of piperazine rings is 2. The molecule has 2 atom stereocenters. The number of nitrogens with one attached hydrogen (secondary N) is 2. The van der Waals surface area contributed by atoms with Crippen molar-refractivity contribution < 1.29 is 24.0 Å². The summed E-state index contributed by atoms with van der Waals surface area (Å²) >= 11 is 6.27. The van der Waals surface area contributed by atoms with Crippen molar-refractivity contribution >= 4 is 64.1 Å². The number of aromatic nitrogens is 1. The molecule has 0 spiro atoms. The van der Waals surface area contributed by atoms with Crippen LogP contribution in [0.5, 0.6) is 0 Å². The third-order valence-electron chi connectivity index (χ3n) is 11.9. The molecule has 4 fully saturated rings. The van der Waals surface area contributed by atoms with Crippen LogP contribution in [0.4, 0.5) is 27.7 Å². The Morgan fingerprint density at radius 3 is 2.32 bits per heavy atom. The first-order valence-corrected chi connectivity index (χ1v) is 20.0. The fourth-order valence-electron chi connectivity index (χ4n) is 8.70. The minimum Gasteiger partial charge on any atom is -0.369 e. The molecule has 0 saturated carbocycles. The second kappa shape index (κ2) is 16.0. The van der Waals surface area contributed by atoms with Crippen LogP contribution in [0.15, 0.2) is 54.7 Å². The van der Waals surface area contributed by atoms with Crippen molar-refractivity contribution in [1.82, 2.24) is 25.0 Å². The van der Waals surface area contributed by atoms with Gasteiger partial charge in [-0.15, -0.1) is 0 Å². The number of nitriles is 1. The van der Waals surface area contributed by atoms with Crippen LogP contribution in [0.2, 0.25) is 5.02 Å². The van der Waals surface area contributed by atoms with Gasteiger partial charge in [-0.05, 0) is 80.6 Å². The molecule has 15 nitrogen and oxygen atoms in total. The second-order valence-electron chi connectivity index (χ2n) is 15.5. The molecule has 5 aliphatic heterocycles. The first kappa shape index (κ1) is 38.2. The maximum atomic E-state index is 13.3. The van der Waals surface area contributed by atoms with Crippen molar-refractivity contribution in [3.05, 3.63) is 76.4 Å². The largest absolute Gasteiger partial charge is 0.369 e. The summed E-state index contributed by atoms with van der Waals surface area (Å²) in [6, 6.07) is 15.7. The van der Waals surface area contributed by atoms with Crippen LogP contribution in [0, 0.1) is 17.2 Å². The minimum atomic E-state index is -0.974. The molecule has 1 aromatic heterocycles. The Morgan fingerprint density at radius 1 is 0.877 bits per heavy atom. The molecule has 8 rings (SSSR count). The van der Waals surface area contributed by atoms with Gasteiger partial charge in [0.05, 0.1) is 33.6 Å². The zero-order valence-electron chi connectivity index (χ0n) is 31.8. The summed E-state index contributed by atoms with van der Waals surface area (Å²) in [5.74, 6) is -0.506. The number of nitrogens with zero attached hydrogens (tertiary/aromatic N) is 8. The number of fused-ring (bicyclic) bond motifs is 1. The highest BCUT2D eigenvalue weighted by molar-refractivity contribution is 6.32. The first-order valence-electron chi connectivity index (χ1n) is 19.6. The number of anilines is 4. The number of hydrogen-bond acceptors (Lipinski definition) is 11. The lowest BCUT2D eigenvalue weighted by Crippen LogP contribution is -2.54. The molecule has 0 aliphatic carbocycles. The number of benzene rings is 2. The van der Waals surface area contributed by atoms with E-state index in [0.29, 0.717) is 53.0 Å². The summed E-state index contributed by atoms with van der Waals surface area (Å²) < 4.78 is 0. The van der Waals surface area contributed by atoms with Crippen molar-refractivity contribution in [2.24, 2.45) is 5.92 Å². The van der Waals surface area contributed by atoms with Gasteiger partial charge in [-0.1, -0.05) is 11.6 Å². The molecule has 5 aliphatic rings. The van der Waals surface area contributed by atoms with Crippen molar-refractivity contribution in [3.8, 4) is 6.07 Å². The Balaban J connectivity index is 0.769. The Labute approximate surface area is 336 Å². The number of amides is 6. The van der Waals surface area contributed by atoms with Gasteiger partial charge in [-0.3, -0.25) is 34.3 Å². The van der Waals surface area contributed by atoms with E-state index in [4.69, 9.17) is 16.6 Å². The van der Waals surface area contributed by atoms with Gasteiger partial charge in [-0.2, -0.15) is 5.26 Å². The average molecular weight is 793 g/mol. The van der Waals surface area contributed by atoms with Crippen LogP contribution in [0.25, 0.3) is 0 Å². The van der Waals surface area contributed by atoms with Crippen molar-refractivity contribution in [2.75, 3.05) is 85.5 Å². The minimum absolute atomic E-state index is 0.0714. The zero-order chi connectivity index (χ0) is 39.8. The lowest BCUT2D eigenvalue weighted by Gasteiger charge is -2.41. The van der Waals surface area contributed by atoms with Gasteiger partial charge in [0.2, 0.25) is 11.8 Å². The van der Waals surface area contributed by atoms with E-state index in [1.807, 2.05) is 35.2 Å². The van der Waals surface area contributed by atoms with Crippen molar-refractivity contribution in [3.63, 3.8) is 0 Å². The highest BCUT2D eigenvalue weighted by Gasteiger charge is 2.45. The molecule has 57 heavy (non-hydrogen) atoms. The number of pyridine rings is 1. The predicted molar refractivity (Wildman–Crippen MR) is 215 cm³/mol. The van der Waals surface area contributed by atoms with Gasteiger partial charge in [0, 0.05) is 89.3 Å². The van der Waals surface area contributed by atoms with Gasteiger partial charge in [0.25, 0.3) is 11.8 Å².